The number of rotatable bonds is 11. The Morgan fingerprint density at radius 3 is 2.30 bits per heavy atom. The van der Waals surface area contributed by atoms with E-state index in [9.17, 15) is 13.5 Å². The normalized spacial score (nSPS) is 20.4. The summed E-state index contributed by atoms with van der Waals surface area (Å²) in [5.74, 6) is 0. The molecule has 0 spiro atoms. The number of ether oxygens (including phenoxy) is 1. The van der Waals surface area contributed by atoms with Gasteiger partial charge in [0.25, 0.3) is 0 Å². The molecule has 0 aliphatic carbocycles. The van der Waals surface area contributed by atoms with Gasteiger partial charge < -0.3 is 14.7 Å². The minimum atomic E-state index is -3.50. The van der Waals surface area contributed by atoms with Crippen LogP contribution in [0.2, 0.25) is 0 Å². The van der Waals surface area contributed by atoms with E-state index < -0.39 is 10.2 Å². The second-order valence-corrected chi connectivity index (χ2v) is 10.1. The van der Waals surface area contributed by atoms with Crippen molar-refractivity contribution in [2.24, 2.45) is 0 Å². The minimum absolute atomic E-state index is 0.0921. The Labute approximate surface area is 181 Å². The van der Waals surface area contributed by atoms with Gasteiger partial charge in [0.05, 0.1) is 12.2 Å². The molecule has 3 rings (SSSR count). The van der Waals surface area contributed by atoms with Crippen molar-refractivity contribution in [3.63, 3.8) is 0 Å². The number of hydrogen-bond acceptors (Lipinski definition) is 5. The molecule has 1 aromatic carbocycles. The van der Waals surface area contributed by atoms with Crippen LogP contribution in [0.25, 0.3) is 0 Å². The standard InChI is InChI=1S/C22H37N3O4S/c26-21-10-15-24(16-11-21)14-6-1-2-7-19-29-22-12-17-25(18-13-22)30(27,28)23-20-8-4-3-5-9-20/h3-5,8-9,21-23,26H,1-2,6-7,10-19H2. The summed E-state index contributed by atoms with van der Waals surface area (Å²) in [4.78, 5) is 2.46. The molecule has 2 fully saturated rings. The Morgan fingerprint density at radius 1 is 0.933 bits per heavy atom. The highest BCUT2D eigenvalue weighted by Gasteiger charge is 2.28. The Morgan fingerprint density at radius 2 is 1.60 bits per heavy atom. The number of benzene rings is 1. The van der Waals surface area contributed by atoms with Crippen LogP contribution < -0.4 is 4.72 Å². The number of aliphatic hydroxyl groups is 1. The number of hydrogen-bond donors (Lipinski definition) is 2. The lowest BCUT2D eigenvalue weighted by atomic mass is 10.1. The van der Waals surface area contributed by atoms with Crippen LogP contribution in [-0.2, 0) is 14.9 Å². The number of anilines is 1. The fourth-order valence-corrected chi connectivity index (χ4v) is 5.40. The molecule has 2 heterocycles. The van der Waals surface area contributed by atoms with E-state index in [0.29, 0.717) is 18.8 Å². The number of piperidine rings is 2. The maximum Gasteiger partial charge on any atom is 0.301 e. The highest BCUT2D eigenvalue weighted by Crippen LogP contribution is 2.19. The monoisotopic (exact) mass is 439 g/mol. The lowest BCUT2D eigenvalue weighted by molar-refractivity contribution is 0.0192. The molecular formula is C22H37N3O4S. The van der Waals surface area contributed by atoms with E-state index in [1.807, 2.05) is 18.2 Å². The molecule has 2 N–H and O–H groups in total. The van der Waals surface area contributed by atoms with Crippen molar-refractivity contribution in [1.29, 1.82) is 0 Å². The van der Waals surface area contributed by atoms with Crippen molar-refractivity contribution < 1.29 is 18.3 Å². The molecule has 30 heavy (non-hydrogen) atoms. The zero-order valence-corrected chi connectivity index (χ0v) is 18.7. The zero-order chi connectivity index (χ0) is 21.2. The Hall–Kier alpha value is -1.19. The van der Waals surface area contributed by atoms with E-state index >= 15 is 0 Å². The van der Waals surface area contributed by atoms with Gasteiger partial charge in [0.2, 0.25) is 0 Å². The van der Waals surface area contributed by atoms with Crippen molar-refractivity contribution >= 4 is 15.9 Å². The van der Waals surface area contributed by atoms with Gasteiger partial charge in [-0.15, -0.1) is 0 Å². The first kappa shape index (κ1) is 23.5. The van der Waals surface area contributed by atoms with Crippen molar-refractivity contribution in [3.8, 4) is 0 Å². The van der Waals surface area contributed by atoms with E-state index in [0.717, 1.165) is 58.3 Å². The summed E-state index contributed by atoms with van der Waals surface area (Å²) >= 11 is 0. The smallest absolute Gasteiger partial charge is 0.301 e. The van der Waals surface area contributed by atoms with Gasteiger partial charge in [-0.2, -0.15) is 12.7 Å². The van der Waals surface area contributed by atoms with Crippen LogP contribution in [0, 0.1) is 0 Å². The SMILES string of the molecule is O=S(=O)(Nc1ccccc1)N1CCC(OCCCCCCN2CCC(O)CC2)CC1. The van der Waals surface area contributed by atoms with Gasteiger partial charge in [-0.05, 0) is 57.2 Å². The molecule has 7 nitrogen and oxygen atoms in total. The third kappa shape index (κ3) is 7.81. The number of aliphatic hydroxyl groups excluding tert-OH is 1. The predicted octanol–water partition coefficient (Wildman–Crippen LogP) is 2.84. The van der Waals surface area contributed by atoms with Crippen LogP contribution in [0.5, 0.6) is 0 Å². The fourth-order valence-electron chi connectivity index (χ4n) is 4.14. The van der Waals surface area contributed by atoms with E-state index in [4.69, 9.17) is 4.74 Å². The van der Waals surface area contributed by atoms with Crippen molar-refractivity contribution in [2.45, 2.75) is 63.6 Å². The van der Waals surface area contributed by atoms with E-state index in [2.05, 4.69) is 9.62 Å². The topological polar surface area (TPSA) is 82.1 Å². The number of nitrogens with zero attached hydrogens (tertiary/aromatic N) is 2. The molecule has 0 amide bonds. The third-order valence-electron chi connectivity index (χ3n) is 6.04. The molecular weight excluding hydrogens is 402 g/mol. The second-order valence-electron chi connectivity index (χ2n) is 8.43. The maximum absolute atomic E-state index is 12.5. The summed E-state index contributed by atoms with van der Waals surface area (Å²) in [7, 11) is -3.50. The number of likely N-dealkylation sites (tertiary alicyclic amines) is 1. The average molecular weight is 440 g/mol. The molecule has 170 valence electrons. The van der Waals surface area contributed by atoms with Crippen LogP contribution in [-0.4, -0.2) is 74.3 Å². The van der Waals surface area contributed by atoms with E-state index in [-0.39, 0.29) is 12.2 Å². The third-order valence-corrected chi connectivity index (χ3v) is 7.58. The van der Waals surface area contributed by atoms with Crippen molar-refractivity contribution in [1.82, 2.24) is 9.21 Å². The van der Waals surface area contributed by atoms with E-state index in [1.165, 1.54) is 23.6 Å². The number of unbranched alkanes of at least 4 members (excludes halogenated alkanes) is 3. The maximum atomic E-state index is 12.5. The average Bonchev–Trinajstić information content (AvgIpc) is 2.75. The fraction of sp³-hybridized carbons (Fsp3) is 0.727. The summed E-state index contributed by atoms with van der Waals surface area (Å²) in [5.41, 5.74) is 0.591. The molecule has 0 atom stereocenters. The quantitative estimate of drug-likeness (QED) is 0.518. The Balaban J connectivity index is 1.22. The molecule has 1 aromatic rings. The molecule has 8 heteroatoms. The molecule has 2 saturated heterocycles. The first-order valence-electron chi connectivity index (χ1n) is 11.4. The van der Waals surface area contributed by atoms with Gasteiger partial charge in [-0.3, -0.25) is 4.72 Å². The molecule has 2 aliphatic heterocycles. The van der Waals surface area contributed by atoms with Crippen LogP contribution in [0.4, 0.5) is 5.69 Å². The predicted molar refractivity (Wildman–Crippen MR) is 120 cm³/mol. The number of para-hydroxylation sites is 1. The van der Waals surface area contributed by atoms with Gasteiger partial charge in [0.1, 0.15) is 0 Å². The largest absolute Gasteiger partial charge is 0.393 e. The van der Waals surface area contributed by atoms with Crippen LogP contribution in [0.3, 0.4) is 0 Å². The van der Waals surface area contributed by atoms with E-state index in [1.54, 1.807) is 12.1 Å². The lowest BCUT2D eigenvalue weighted by Gasteiger charge is -2.31. The van der Waals surface area contributed by atoms with Gasteiger partial charge >= 0.3 is 10.2 Å². The summed E-state index contributed by atoms with van der Waals surface area (Å²) in [6.45, 7) is 4.95. The summed E-state index contributed by atoms with van der Waals surface area (Å²) in [5, 5.41) is 9.54. The zero-order valence-electron chi connectivity index (χ0n) is 17.9. The van der Waals surface area contributed by atoms with Gasteiger partial charge in [0.15, 0.2) is 0 Å². The van der Waals surface area contributed by atoms with Gasteiger partial charge in [-0.1, -0.05) is 31.0 Å². The molecule has 0 saturated carbocycles. The van der Waals surface area contributed by atoms with Crippen LogP contribution in [0.15, 0.2) is 30.3 Å². The number of nitrogens with one attached hydrogen (secondary N) is 1. The van der Waals surface area contributed by atoms with Crippen LogP contribution >= 0.6 is 0 Å². The molecule has 2 aliphatic rings. The van der Waals surface area contributed by atoms with Crippen LogP contribution in [0.1, 0.15) is 51.4 Å². The van der Waals surface area contributed by atoms with Gasteiger partial charge in [-0.25, -0.2) is 0 Å². The first-order valence-corrected chi connectivity index (χ1v) is 12.8. The van der Waals surface area contributed by atoms with Crippen molar-refractivity contribution in [3.05, 3.63) is 30.3 Å². The summed E-state index contributed by atoms with van der Waals surface area (Å²) in [6, 6.07) is 9.00. The van der Waals surface area contributed by atoms with Crippen molar-refractivity contribution in [2.75, 3.05) is 44.1 Å². The highest BCUT2D eigenvalue weighted by atomic mass is 32.2. The summed E-state index contributed by atoms with van der Waals surface area (Å²) < 4.78 is 35.2. The summed E-state index contributed by atoms with van der Waals surface area (Å²) in [6.07, 6.45) is 8.04. The first-order chi connectivity index (χ1) is 14.5. The second kappa shape index (κ2) is 12.0. The Bertz CT molecular complexity index is 700. The molecule has 0 unspecified atom stereocenters. The molecule has 0 aromatic heterocycles. The minimum Gasteiger partial charge on any atom is -0.393 e. The molecule has 0 radical (unpaired) electrons. The molecule has 0 bridgehead atoms. The van der Waals surface area contributed by atoms with Gasteiger partial charge in [0, 0.05) is 38.5 Å². The highest BCUT2D eigenvalue weighted by molar-refractivity contribution is 7.90. The Kier molecular flexibility index (Phi) is 9.39. The lowest BCUT2D eigenvalue weighted by Crippen LogP contribution is -2.43.